The second-order valence-corrected chi connectivity index (χ2v) is 3.63. The summed E-state index contributed by atoms with van der Waals surface area (Å²) in [6.45, 7) is 0. The summed E-state index contributed by atoms with van der Waals surface area (Å²) in [6, 6.07) is 6.05. The molecule has 1 aliphatic carbocycles. The van der Waals surface area contributed by atoms with Crippen LogP contribution >= 0.6 is 0 Å². The summed E-state index contributed by atoms with van der Waals surface area (Å²) in [7, 11) is 0. The summed E-state index contributed by atoms with van der Waals surface area (Å²) < 4.78 is 13.4. The van der Waals surface area contributed by atoms with Crippen LogP contribution in [0.1, 0.15) is 30.1 Å². The minimum Gasteiger partial charge on any atom is -0.388 e. The van der Waals surface area contributed by atoms with Gasteiger partial charge in [0.2, 0.25) is 0 Å². The molecule has 1 saturated carbocycles. The molecule has 2 rings (SSSR count). The highest BCUT2D eigenvalue weighted by Crippen LogP contribution is 2.41. The Hall–Kier alpha value is -1.40. The molecule has 0 spiro atoms. The van der Waals surface area contributed by atoms with Gasteiger partial charge in [-0.1, -0.05) is 6.07 Å². The lowest BCUT2D eigenvalue weighted by atomic mass is 10.0. The van der Waals surface area contributed by atoms with Gasteiger partial charge in [-0.05, 0) is 30.9 Å². The SMILES string of the molecule is N#Cc1ccc(C(O)C2CC2)c(F)c1. The van der Waals surface area contributed by atoms with E-state index >= 15 is 0 Å². The van der Waals surface area contributed by atoms with Crippen LogP contribution in [0.5, 0.6) is 0 Å². The third-order valence-electron chi connectivity index (χ3n) is 2.52. The lowest BCUT2D eigenvalue weighted by molar-refractivity contribution is 0.149. The van der Waals surface area contributed by atoms with Crippen LogP contribution in [0.15, 0.2) is 18.2 Å². The zero-order chi connectivity index (χ0) is 10.1. The summed E-state index contributed by atoms with van der Waals surface area (Å²) >= 11 is 0. The molecule has 0 saturated heterocycles. The van der Waals surface area contributed by atoms with Gasteiger partial charge >= 0.3 is 0 Å². The van der Waals surface area contributed by atoms with Crippen molar-refractivity contribution in [1.82, 2.24) is 0 Å². The van der Waals surface area contributed by atoms with E-state index in [2.05, 4.69) is 0 Å². The van der Waals surface area contributed by atoms with Gasteiger partial charge in [0.25, 0.3) is 0 Å². The predicted molar refractivity (Wildman–Crippen MR) is 48.8 cm³/mol. The predicted octanol–water partition coefficient (Wildman–Crippen LogP) is 2.14. The first-order chi connectivity index (χ1) is 6.72. The zero-order valence-electron chi connectivity index (χ0n) is 7.57. The third-order valence-corrected chi connectivity index (χ3v) is 2.52. The molecule has 0 bridgehead atoms. The van der Waals surface area contributed by atoms with Crippen LogP contribution in [-0.4, -0.2) is 5.11 Å². The van der Waals surface area contributed by atoms with Gasteiger partial charge < -0.3 is 5.11 Å². The Morgan fingerprint density at radius 1 is 1.50 bits per heavy atom. The van der Waals surface area contributed by atoms with E-state index in [1.54, 1.807) is 0 Å². The number of rotatable bonds is 2. The molecular weight excluding hydrogens is 181 g/mol. The van der Waals surface area contributed by atoms with Crippen LogP contribution in [0.25, 0.3) is 0 Å². The molecule has 0 radical (unpaired) electrons. The smallest absolute Gasteiger partial charge is 0.130 e. The Kier molecular flexibility index (Phi) is 2.22. The highest BCUT2D eigenvalue weighted by molar-refractivity contribution is 5.34. The molecule has 1 aromatic rings. The fraction of sp³-hybridized carbons (Fsp3) is 0.364. The lowest BCUT2D eigenvalue weighted by Crippen LogP contribution is -2.02. The number of nitriles is 1. The van der Waals surface area contributed by atoms with E-state index in [4.69, 9.17) is 5.26 Å². The summed E-state index contributed by atoms with van der Waals surface area (Å²) in [4.78, 5) is 0. The van der Waals surface area contributed by atoms with Gasteiger partial charge in [-0.25, -0.2) is 4.39 Å². The maximum Gasteiger partial charge on any atom is 0.130 e. The van der Waals surface area contributed by atoms with Crippen LogP contribution in [0, 0.1) is 23.1 Å². The summed E-state index contributed by atoms with van der Waals surface area (Å²) in [5, 5.41) is 18.2. The van der Waals surface area contributed by atoms with E-state index in [1.807, 2.05) is 6.07 Å². The Bertz CT molecular complexity index is 393. The lowest BCUT2D eigenvalue weighted by Gasteiger charge is -2.10. The molecule has 1 fully saturated rings. The van der Waals surface area contributed by atoms with Crippen molar-refractivity contribution in [2.75, 3.05) is 0 Å². The van der Waals surface area contributed by atoms with Gasteiger partial charge in [-0.15, -0.1) is 0 Å². The number of halogens is 1. The van der Waals surface area contributed by atoms with Crippen molar-refractivity contribution in [2.24, 2.45) is 5.92 Å². The maximum absolute atomic E-state index is 13.4. The highest BCUT2D eigenvalue weighted by Gasteiger charge is 2.32. The molecule has 0 amide bonds. The quantitative estimate of drug-likeness (QED) is 0.778. The molecular formula is C11H10FNO. The maximum atomic E-state index is 13.4. The number of aliphatic hydroxyl groups excluding tert-OH is 1. The van der Waals surface area contributed by atoms with Crippen molar-refractivity contribution in [3.8, 4) is 6.07 Å². The van der Waals surface area contributed by atoms with Crippen LogP contribution in [0.3, 0.4) is 0 Å². The monoisotopic (exact) mass is 191 g/mol. The second-order valence-electron chi connectivity index (χ2n) is 3.63. The molecule has 1 aromatic carbocycles. The van der Waals surface area contributed by atoms with Gasteiger partial charge in [0, 0.05) is 5.56 Å². The largest absolute Gasteiger partial charge is 0.388 e. The molecule has 72 valence electrons. The molecule has 1 unspecified atom stereocenters. The van der Waals surface area contributed by atoms with Gasteiger partial charge in [-0.3, -0.25) is 0 Å². The minimum atomic E-state index is -0.706. The highest BCUT2D eigenvalue weighted by atomic mass is 19.1. The van der Waals surface area contributed by atoms with Crippen molar-refractivity contribution < 1.29 is 9.50 Å². The van der Waals surface area contributed by atoms with Gasteiger partial charge in [0.05, 0.1) is 17.7 Å². The van der Waals surface area contributed by atoms with Crippen LogP contribution in [0.4, 0.5) is 4.39 Å². The Labute approximate surface area is 81.6 Å². The molecule has 2 nitrogen and oxygen atoms in total. The Balaban J connectivity index is 2.30. The van der Waals surface area contributed by atoms with Crippen molar-refractivity contribution in [3.05, 3.63) is 35.1 Å². The standard InChI is InChI=1S/C11H10FNO/c12-10-5-7(6-13)1-4-9(10)11(14)8-2-3-8/h1,4-5,8,11,14H,2-3H2. The Morgan fingerprint density at radius 3 is 2.71 bits per heavy atom. The Morgan fingerprint density at radius 2 is 2.21 bits per heavy atom. The van der Waals surface area contributed by atoms with Crippen LogP contribution in [0.2, 0.25) is 0 Å². The third kappa shape index (κ3) is 1.61. The first kappa shape index (κ1) is 9.17. The molecule has 0 aliphatic heterocycles. The van der Waals surface area contributed by atoms with E-state index in [-0.39, 0.29) is 11.5 Å². The van der Waals surface area contributed by atoms with Crippen molar-refractivity contribution >= 4 is 0 Å². The molecule has 0 aromatic heterocycles. The molecule has 1 aliphatic rings. The van der Waals surface area contributed by atoms with Crippen LogP contribution in [-0.2, 0) is 0 Å². The number of hydrogen-bond donors (Lipinski definition) is 1. The van der Waals surface area contributed by atoms with E-state index in [0.29, 0.717) is 5.56 Å². The van der Waals surface area contributed by atoms with E-state index in [9.17, 15) is 9.50 Å². The minimum absolute atomic E-state index is 0.206. The number of hydrogen-bond acceptors (Lipinski definition) is 2. The van der Waals surface area contributed by atoms with Gasteiger partial charge in [-0.2, -0.15) is 5.26 Å². The number of nitrogens with zero attached hydrogens (tertiary/aromatic N) is 1. The average Bonchev–Trinajstić information content (AvgIpc) is 3.00. The van der Waals surface area contributed by atoms with Crippen molar-refractivity contribution in [3.63, 3.8) is 0 Å². The van der Waals surface area contributed by atoms with Crippen molar-refractivity contribution in [1.29, 1.82) is 5.26 Å². The van der Waals surface area contributed by atoms with Crippen LogP contribution < -0.4 is 0 Å². The summed E-state index contributed by atoms with van der Waals surface area (Å²) in [5.74, 6) is -0.277. The van der Waals surface area contributed by atoms with E-state index in [0.717, 1.165) is 12.8 Å². The van der Waals surface area contributed by atoms with E-state index < -0.39 is 11.9 Å². The summed E-state index contributed by atoms with van der Waals surface area (Å²) in [5.41, 5.74) is 0.598. The van der Waals surface area contributed by atoms with Crippen molar-refractivity contribution in [2.45, 2.75) is 18.9 Å². The molecule has 0 heterocycles. The molecule has 14 heavy (non-hydrogen) atoms. The number of benzene rings is 1. The topological polar surface area (TPSA) is 44.0 Å². The van der Waals surface area contributed by atoms with E-state index in [1.165, 1.54) is 18.2 Å². The number of aliphatic hydroxyl groups is 1. The van der Waals surface area contributed by atoms with Gasteiger partial charge in [0.15, 0.2) is 0 Å². The molecule has 1 atom stereocenters. The average molecular weight is 191 g/mol. The fourth-order valence-corrected chi connectivity index (χ4v) is 1.50. The molecule has 3 heteroatoms. The second kappa shape index (κ2) is 3.39. The fourth-order valence-electron chi connectivity index (χ4n) is 1.50. The normalized spacial score (nSPS) is 17.5. The van der Waals surface area contributed by atoms with Gasteiger partial charge in [0.1, 0.15) is 5.82 Å². The molecule has 1 N–H and O–H groups in total. The summed E-state index contributed by atoms with van der Waals surface area (Å²) in [6.07, 6.45) is 1.21. The first-order valence-electron chi connectivity index (χ1n) is 4.60. The first-order valence-corrected chi connectivity index (χ1v) is 4.60. The zero-order valence-corrected chi connectivity index (χ0v) is 7.57.